The summed E-state index contributed by atoms with van der Waals surface area (Å²) in [6, 6.07) is 19.7. The van der Waals surface area contributed by atoms with E-state index in [2.05, 4.69) is 16.0 Å². The Hall–Kier alpha value is -3.31. The molecule has 1 aromatic heterocycles. The molecular weight excluding hydrogens is 446 g/mol. The first-order valence-electron chi connectivity index (χ1n) is 11.6. The minimum Gasteiger partial charge on any atom is -0.494 e. The molecule has 0 spiro atoms. The molecular formula is C28H30ClN3O2. The second-order valence-electron chi connectivity index (χ2n) is 8.62. The summed E-state index contributed by atoms with van der Waals surface area (Å²) in [7, 11) is 0. The van der Waals surface area contributed by atoms with Gasteiger partial charge in [-0.1, -0.05) is 41.4 Å². The zero-order chi connectivity index (χ0) is 24.1. The molecule has 0 radical (unpaired) electrons. The first kappa shape index (κ1) is 23.8. The summed E-state index contributed by atoms with van der Waals surface area (Å²) < 4.78 is 8.23. The van der Waals surface area contributed by atoms with Crippen LogP contribution in [0.5, 0.6) is 5.75 Å². The summed E-state index contributed by atoms with van der Waals surface area (Å²) in [5.74, 6) is 1.74. The highest BCUT2D eigenvalue weighted by atomic mass is 35.5. The standard InChI is InChI=1S/C28H30ClN3O2/c1-19-8-6-9-22(16-19)28(33)30-13-12-26-31-24-10-4-5-11-25(24)32(26)14-7-15-34-23-17-20(2)27(29)21(3)18-23/h4-6,8-11,16-18H,7,12-15H2,1-3H3,(H,30,33). The van der Waals surface area contributed by atoms with Crippen LogP contribution in [-0.4, -0.2) is 28.6 Å². The summed E-state index contributed by atoms with van der Waals surface area (Å²) in [6.45, 7) is 7.87. The predicted octanol–water partition coefficient (Wildman–Crippen LogP) is 6.06. The molecule has 1 amide bonds. The molecule has 1 N–H and O–H groups in total. The maximum atomic E-state index is 12.5. The largest absolute Gasteiger partial charge is 0.494 e. The average Bonchev–Trinajstić information content (AvgIpc) is 3.17. The Kier molecular flexibility index (Phi) is 7.53. The molecule has 0 saturated heterocycles. The second kappa shape index (κ2) is 10.7. The van der Waals surface area contributed by atoms with Gasteiger partial charge in [0.05, 0.1) is 17.6 Å². The van der Waals surface area contributed by atoms with Gasteiger partial charge in [0.15, 0.2) is 0 Å². The third kappa shape index (κ3) is 5.60. The molecule has 0 fully saturated rings. The number of aryl methyl sites for hydroxylation is 4. The molecule has 0 bridgehead atoms. The molecule has 176 valence electrons. The normalized spacial score (nSPS) is 11.1. The lowest BCUT2D eigenvalue weighted by atomic mass is 10.1. The van der Waals surface area contributed by atoms with Crippen molar-refractivity contribution in [1.29, 1.82) is 0 Å². The van der Waals surface area contributed by atoms with Crippen molar-refractivity contribution in [2.45, 2.75) is 40.2 Å². The van der Waals surface area contributed by atoms with Gasteiger partial charge in [-0.25, -0.2) is 4.98 Å². The molecule has 5 nitrogen and oxygen atoms in total. The van der Waals surface area contributed by atoms with E-state index in [0.29, 0.717) is 25.1 Å². The number of hydrogen-bond acceptors (Lipinski definition) is 3. The number of carbonyl (C=O) groups excluding carboxylic acids is 1. The van der Waals surface area contributed by atoms with Crippen LogP contribution >= 0.6 is 11.6 Å². The topological polar surface area (TPSA) is 56.2 Å². The van der Waals surface area contributed by atoms with Crippen LogP contribution in [0.2, 0.25) is 5.02 Å². The van der Waals surface area contributed by atoms with Gasteiger partial charge < -0.3 is 14.6 Å². The molecule has 4 rings (SSSR count). The molecule has 0 aliphatic heterocycles. The molecule has 0 aliphatic rings. The number of imidazole rings is 1. The minimum absolute atomic E-state index is 0.0617. The molecule has 1 heterocycles. The van der Waals surface area contributed by atoms with Gasteiger partial charge in [-0.2, -0.15) is 0 Å². The SMILES string of the molecule is Cc1cccc(C(=O)NCCc2nc3ccccc3n2CCCOc2cc(C)c(Cl)c(C)c2)c1. The Morgan fingerprint density at radius 1 is 1.03 bits per heavy atom. The zero-order valence-electron chi connectivity index (χ0n) is 19.9. The Morgan fingerprint density at radius 3 is 2.56 bits per heavy atom. The average molecular weight is 476 g/mol. The number of para-hydroxylation sites is 2. The molecule has 0 saturated carbocycles. The van der Waals surface area contributed by atoms with E-state index in [-0.39, 0.29) is 5.91 Å². The van der Waals surface area contributed by atoms with Gasteiger partial charge in [-0.15, -0.1) is 0 Å². The molecule has 3 aromatic carbocycles. The van der Waals surface area contributed by atoms with Crippen LogP contribution in [0.4, 0.5) is 0 Å². The van der Waals surface area contributed by atoms with E-state index >= 15 is 0 Å². The summed E-state index contributed by atoms with van der Waals surface area (Å²) in [5, 5.41) is 3.81. The number of halogens is 1. The van der Waals surface area contributed by atoms with Crippen molar-refractivity contribution in [2.75, 3.05) is 13.2 Å². The molecule has 0 aliphatic carbocycles. The summed E-state index contributed by atoms with van der Waals surface area (Å²) in [4.78, 5) is 17.3. The van der Waals surface area contributed by atoms with Gasteiger partial charge in [0.1, 0.15) is 11.6 Å². The van der Waals surface area contributed by atoms with Crippen LogP contribution < -0.4 is 10.1 Å². The molecule has 0 atom stereocenters. The number of amides is 1. The van der Waals surface area contributed by atoms with Crippen molar-refractivity contribution in [3.63, 3.8) is 0 Å². The smallest absolute Gasteiger partial charge is 0.251 e. The van der Waals surface area contributed by atoms with Crippen molar-refractivity contribution >= 4 is 28.5 Å². The quantitative estimate of drug-likeness (QED) is 0.299. The first-order chi connectivity index (χ1) is 16.4. The minimum atomic E-state index is -0.0617. The lowest BCUT2D eigenvalue weighted by Crippen LogP contribution is -2.26. The number of ether oxygens (including phenoxy) is 1. The van der Waals surface area contributed by atoms with E-state index in [1.165, 1.54) is 0 Å². The lowest BCUT2D eigenvalue weighted by molar-refractivity contribution is 0.0954. The van der Waals surface area contributed by atoms with Gasteiger partial charge in [0.2, 0.25) is 0 Å². The fourth-order valence-electron chi connectivity index (χ4n) is 4.14. The van der Waals surface area contributed by atoms with Crippen molar-refractivity contribution in [2.24, 2.45) is 0 Å². The van der Waals surface area contributed by atoms with Gasteiger partial charge in [0.25, 0.3) is 5.91 Å². The van der Waals surface area contributed by atoms with Crippen LogP contribution in [0, 0.1) is 20.8 Å². The first-order valence-corrected chi connectivity index (χ1v) is 12.0. The van der Waals surface area contributed by atoms with Crippen molar-refractivity contribution in [1.82, 2.24) is 14.9 Å². The predicted molar refractivity (Wildman–Crippen MR) is 138 cm³/mol. The third-order valence-corrected chi connectivity index (χ3v) is 6.45. The molecule has 0 unspecified atom stereocenters. The number of aromatic nitrogens is 2. The summed E-state index contributed by atoms with van der Waals surface area (Å²) >= 11 is 6.26. The Balaban J connectivity index is 1.38. The summed E-state index contributed by atoms with van der Waals surface area (Å²) in [6.07, 6.45) is 1.49. The Labute approximate surface area is 205 Å². The maximum absolute atomic E-state index is 12.5. The highest BCUT2D eigenvalue weighted by Crippen LogP contribution is 2.26. The molecule has 6 heteroatoms. The zero-order valence-corrected chi connectivity index (χ0v) is 20.7. The number of carbonyl (C=O) groups is 1. The van der Waals surface area contributed by atoms with E-state index < -0.39 is 0 Å². The fourth-order valence-corrected chi connectivity index (χ4v) is 4.25. The third-order valence-electron chi connectivity index (χ3n) is 5.85. The Morgan fingerprint density at radius 2 is 1.79 bits per heavy atom. The van der Waals surface area contributed by atoms with Crippen molar-refractivity contribution in [3.8, 4) is 5.75 Å². The molecule has 34 heavy (non-hydrogen) atoms. The lowest BCUT2D eigenvalue weighted by Gasteiger charge is -2.12. The van der Waals surface area contributed by atoms with E-state index in [1.54, 1.807) is 0 Å². The van der Waals surface area contributed by atoms with Gasteiger partial charge in [-0.05, 0) is 74.7 Å². The number of benzene rings is 3. The van der Waals surface area contributed by atoms with Gasteiger partial charge >= 0.3 is 0 Å². The van der Waals surface area contributed by atoms with Crippen LogP contribution in [-0.2, 0) is 13.0 Å². The van der Waals surface area contributed by atoms with E-state index in [4.69, 9.17) is 21.3 Å². The van der Waals surface area contributed by atoms with E-state index in [1.807, 2.05) is 75.4 Å². The number of nitrogens with zero attached hydrogens (tertiary/aromatic N) is 2. The Bertz CT molecular complexity index is 1290. The molecule has 4 aromatic rings. The second-order valence-corrected chi connectivity index (χ2v) is 8.99. The van der Waals surface area contributed by atoms with Crippen LogP contribution in [0.3, 0.4) is 0 Å². The fraction of sp³-hybridized carbons (Fsp3) is 0.286. The van der Waals surface area contributed by atoms with Crippen LogP contribution in [0.25, 0.3) is 11.0 Å². The number of rotatable bonds is 9. The number of hydrogen-bond donors (Lipinski definition) is 1. The van der Waals surface area contributed by atoms with E-state index in [9.17, 15) is 4.79 Å². The van der Waals surface area contributed by atoms with E-state index in [0.717, 1.165) is 57.3 Å². The summed E-state index contributed by atoms with van der Waals surface area (Å²) in [5.41, 5.74) is 5.85. The monoisotopic (exact) mass is 475 g/mol. The van der Waals surface area contributed by atoms with Crippen LogP contribution in [0.15, 0.2) is 60.7 Å². The van der Waals surface area contributed by atoms with Gasteiger partial charge in [0, 0.05) is 30.1 Å². The highest BCUT2D eigenvalue weighted by molar-refractivity contribution is 6.32. The maximum Gasteiger partial charge on any atom is 0.251 e. The number of fused-ring (bicyclic) bond motifs is 1. The van der Waals surface area contributed by atoms with Gasteiger partial charge in [-0.3, -0.25) is 4.79 Å². The van der Waals surface area contributed by atoms with Crippen molar-refractivity contribution in [3.05, 3.63) is 93.8 Å². The number of nitrogens with one attached hydrogen (secondary N) is 1. The van der Waals surface area contributed by atoms with Crippen LogP contribution in [0.1, 0.15) is 39.3 Å². The highest BCUT2D eigenvalue weighted by Gasteiger charge is 2.12. The van der Waals surface area contributed by atoms with Crippen molar-refractivity contribution < 1.29 is 9.53 Å².